The van der Waals surface area contributed by atoms with Crippen molar-refractivity contribution >= 4 is 21.4 Å². The predicted molar refractivity (Wildman–Crippen MR) is 109 cm³/mol. The van der Waals surface area contributed by atoms with E-state index < -0.39 is 9.84 Å². The van der Waals surface area contributed by atoms with Gasteiger partial charge in [0.05, 0.1) is 34.6 Å². The highest BCUT2D eigenvalue weighted by molar-refractivity contribution is 7.91. The van der Waals surface area contributed by atoms with Crippen LogP contribution >= 0.6 is 0 Å². The molecule has 1 amide bonds. The van der Waals surface area contributed by atoms with Gasteiger partial charge in [-0.2, -0.15) is 5.10 Å². The van der Waals surface area contributed by atoms with Crippen LogP contribution in [0.15, 0.2) is 30.3 Å². The van der Waals surface area contributed by atoms with Gasteiger partial charge in [-0.15, -0.1) is 0 Å². The fraction of sp³-hybridized carbons (Fsp3) is 0.500. The maximum absolute atomic E-state index is 12.6. The lowest BCUT2D eigenvalue weighted by atomic mass is 10.1. The maximum atomic E-state index is 12.6. The van der Waals surface area contributed by atoms with Gasteiger partial charge in [0.1, 0.15) is 0 Å². The summed E-state index contributed by atoms with van der Waals surface area (Å²) in [6.07, 6.45) is 0.628. The Hall–Kier alpha value is -2.35. The Morgan fingerprint density at radius 1 is 1.07 bits per heavy atom. The zero-order valence-electron chi connectivity index (χ0n) is 16.3. The van der Waals surface area contributed by atoms with Crippen LogP contribution in [-0.2, 0) is 9.84 Å². The van der Waals surface area contributed by atoms with Crippen LogP contribution in [-0.4, -0.2) is 66.7 Å². The van der Waals surface area contributed by atoms with Gasteiger partial charge in [0.25, 0.3) is 5.91 Å². The Morgan fingerprint density at radius 2 is 1.75 bits per heavy atom. The van der Waals surface area contributed by atoms with Gasteiger partial charge in [-0.3, -0.25) is 9.48 Å². The van der Waals surface area contributed by atoms with Crippen molar-refractivity contribution in [2.75, 3.05) is 42.6 Å². The summed E-state index contributed by atoms with van der Waals surface area (Å²) in [6.45, 7) is 6.81. The lowest BCUT2D eigenvalue weighted by Gasteiger charge is -2.36. The van der Waals surface area contributed by atoms with Gasteiger partial charge in [-0.05, 0) is 32.4 Å². The van der Waals surface area contributed by atoms with E-state index in [-0.39, 0.29) is 23.5 Å². The molecule has 1 aromatic heterocycles. The van der Waals surface area contributed by atoms with E-state index in [1.54, 1.807) is 0 Å². The van der Waals surface area contributed by atoms with Crippen molar-refractivity contribution in [3.8, 4) is 0 Å². The molecule has 28 heavy (non-hydrogen) atoms. The number of rotatable bonds is 3. The highest BCUT2D eigenvalue weighted by atomic mass is 32.2. The van der Waals surface area contributed by atoms with Crippen LogP contribution in [0, 0.1) is 13.8 Å². The van der Waals surface area contributed by atoms with Crippen LogP contribution < -0.4 is 4.90 Å². The van der Waals surface area contributed by atoms with Gasteiger partial charge in [0.2, 0.25) is 0 Å². The van der Waals surface area contributed by atoms with Crippen LogP contribution in [0.4, 0.5) is 5.69 Å². The molecule has 4 rings (SSSR count). The van der Waals surface area contributed by atoms with E-state index in [4.69, 9.17) is 0 Å². The molecule has 2 fully saturated rings. The first kappa shape index (κ1) is 19.0. The van der Waals surface area contributed by atoms with Crippen LogP contribution in [0.5, 0.6) is 0 Å². The number of sulfone groups is 1. The number of anilines is 1. The van der Waals surface area contributed by atoms with Crippen molar-refractivity contribution < 1.29 is 13.2 Å². The van der Waals surface area contributed by atoms with E-state index in [2.05, 4.69) is 10.00 Å². The van der Waals surface area contributed by atoms with Crippen molar-refractivity contribution in [1.29, 1.82) is 0 Å². The average molecular weight is 403 g/mol. The Balaban J connectivity index is 1.47. The first-order chi connectivity index (χ1) is 13.4. The van der Waals surface area contributed by atoms with Crippen LogP contribution in [0.1, 0.15) is 34.2 Å². The molecule has 0 bridgehead atoms. The summed E-state index contributed by atoms with van der Waals surface area (Å²) in [4.78, 5) is 16.8. The number of hydrogen-bond donors (Lipinski definition) is 0. The molecule has 1 unspecified atom stereocenters. The van der Waals surface area contributed by atoms with Gasteiger partial charge in [0.15, 0.2) is 9.84 Å². The second-order valence-electron chi connectivity index (χ2n) is 7.67. The van der Waals surface area contributed by atoms with Crippen molar-refractivity contribution in [3.63, 3.8) is 0 Å². The predicted octanol–water partition coefficient (Wildman–Crippen LogP) is 1.82. The number of carbonyl (C=O) groups is 1. The standard InChI is InChI=1S/C20H26N4O3S/c1-15-19(16(2)24(21-15)18-8-13-28(26,27)14-18)22-9-11-23(12-10-22)20(25)17-6-4-3-5-7-17/h3-7,18H,8-14H2,1-2H3. The van der Waals surface area contributed by atoms with Crippen molar-refractivity contribution in [3.05, 3.63) is 47.3 Å². The lowest BCUT2D eigenvalue weighted by Crippen LogP contribution is -2.49. The van der Waals surface area contributed by atoms with Gasteiger partial charge in [-0.1, -0.05) is 18.2 Å². The minimum Gasteiger partial charge on any atom is -0.365 e. The first-order valence-electron chi connectivity index (χ1n) is 9.71. The molecule has 8 heteroatoms. The molecule has 2 aliphatic heterocycles. The summed E-state index contributed by atoms with van der Waals surface area (Å²) in [5, 5.41) is 4.66. The minimum atomic E-state index is -2.95. The largest absolute Gasteiger partial charge is 0.365 e. The van der Waals surface area contributed by atoms with E-state index >= 15 is 0 Å². The molecule has 0 radical (unpaired) electrons. The van der Waals surface area contributed by atoms with Gasteiger partial charge in [-0.25, -0.2) is 8.42 Å². The number of aromatic nitrogens is 2. The van der Waals surface area contributed by atoms with E-state index in [1.807, 2.05) is 53.8 Å². The molecule has 0 spiro atoms. The molecule has 1 atom stereocenters. The molecule has 0 saturated carbocycles. The number of nitrogens with zero attached hydrogens (tertiary/aromatic N) is 4. The third-order valence-corrected chi connectivity index (χ3v) is 7.50. The molecule has 0 N–H and O–H groups in total. The van der Waals surface area contributed by atoms with Crippen molar-refractivity contribution in [1.82, 2.24) is 14.7 Å². The van der Waals surface area contributed by atoms with E-state index in [0.717, 1.165) is 35.7 Å². The van der Waals surface area contributed by atoms with Gasteiger partial charge in [0, 0.05) is 31.7 Å². The van der Waals surface area contributed by atoms with Gasteiger partial charge < -0.3 is 9.80 Å². The highest BCUT2D eigenvalue weighted by Crippen LogP contribution is 2.31. The van der Waals surface area contributed by atoms with E-state index in [0.29, 0.717) is 19.5 Å². The average Bonchev–Trinajstić information content (AvgIpc) is 3.20. The number of aryl methyl sites for hydroxylation is 1. The molecule has 0 aliphatic carbocycles. The summed E-state index contributed by atoms with van der Waals surface area (Å²) in [5.41, 5.74) is 3.74. The number of piperazine rings is 1. The minimum absolute atomic E-state index is 0.0700. The Labute approximate surface area is 165 Å². The molecular weight excluding hydrogens is 376 g/mol. The van der Waals surface area contributed by atoms with Crippen molar-refractivity contribution in [2.24, 2.45) is 0 Å². The quantitative estimate of drug-likeness (QED) is 0.783. The third-order valence-electron chi connectivity index (χ3n) is 5.74. The fourth-order valence-corrected chi connectivity index (χ4v) is 6.02. The summed E-state index contributed by atoms with van der Waals surface area (Å²) in [6, 6.07) is 9.30. The molecule has 3 heterocycles. The zero-order chi connectivity index (χ0) is 19.9. The topological polar surface area (TPSA) is 75.5 Å². The van der Waals surface area contributed by atoms with Crippen LogP contribution in [0.25, 0.3) is 0 Å². The monoisotopic (exact) mass is 402 g/mol. The normalized spacial score (nSPS) is 21.9. The number of benzene rings is 1. The zero-order valence-corrected chi connectivity index (χ0v) is 17.2. The molecule has 2 aliphatic rings. The second-order valence-corrected chi connectivity index (χ2v) is 9.89. The smallest absolute Gasteiger partial charge is 0.253 e. The fourth-order valence-electron chi connectivity index (χ4n) is 4.33. The summed E-state index contributed by atoms with van der Waals surface area (Å²) >= 11 is 0. The Morgan fingerprint density at radius 3 is 2.36 bits per heavy atom. The number of hydrogen-bond acceptors (Lipinski definition) is 5. The van der Waals surface area contributed by atoms with Crippen molar-refractivity contribution in [2.45, 2.75) is 26.3 Å². The molecule has 150 valence electrons. The number of carbonyl (C=O) groups excluding carboxylic acids is 1. The lowest BCUT2D eigenvalue weighted by molar-refractivity contribution is 0.0746. The summed E-state index contributed by atoms with van der Waals surface area (Å²) in [7, 11) is -2.95. The molecule has 7 nitrogen and oxygen atoms in total. The first-order valence-corrected chi connectivity index (χ1v) is 11.5. The second kappa shape index (κ2) is 7.24. The third kappa shape index (κ3) is 3.53. The van der Waals surface area contributed by atoms with Crippen LogP contribution in [0.3, 0.4) is 0 Å². The van der Waals surface area contributed by atoms with Gasteiger partial charge >= 0.3 is 0 Å². The maximum Gasteiger partial charge on any atom is 0.253 e. The summed E-state index contributed by atoms with van der Waals surface area (Å²) < 4.78 is 25.6. The summed E-state index contributed by atoms with van der Waals surface area (Å²) in [5.74, 6) is 0.486. The van der Waals surface area contributed by atoms with E-state index in [9.17, 15) is 13.2 Å². The number of amides is 1. The highest BCUT2D eigenvalue weighted by Gasteiger charge is 2.33. The molecule has 1 aromatic carbocycles. The molecule has 2 saturated heterocycles. The molecule has 2 aromatic rings. The van der Waals surface area contributed by atoms with E-state index in [1.165, 1.54) is 0 Å². The van der Waals surface area contributed by atoms with Crippen LogP contribution in [0.2, 0.25) is 0 Å². The SMILES string of the molecule is Cc1nn(C2CCS(=O)(=O)C2)c(C)c1N1CCN(C(=O)c2ccccc2)CC1. The Bertz CT molecular complexity index is 976. The molecular formula is C20H26N4O3S. The Kier molecular flexibility index (Phi) is 4.91.